The van der Waals surface area contributed by atoms with E-state index in [1.54, 1.807) is 11.3 Å². The minimum Gasteiger partial charge on any atom is -0.340 e. The molecule has 0 aromatic carbocycles. The number of likely N-dealkylation sites (tertiary alicyclic amines) is 1. The fourth-order valence-electron chi connectivity index (χ4n) is 3.77. The third-order valence-corrected chi connectivity index (χ3v) is 5.93. The molecule has 2 aliphatic rings. The molecule has 1 aliphatic carbocycles. The van der Waals surface area contributed by atoms with Gasteiger partial charge in [0.05, 0.1) is 5.41 Å². The molecule has 1 atom stereocenters. The summed E-state index contributed by atoms with van der Waals surface area (Å²) >= 11 is 1.74. The molecule has 0 radical (unpaired) electrons. The minimum absolute atomic E-state index is 0.164. The zero-order valence-electron chi connectivity index (χ0n) is 12.0. The molecule has 2 N–H and O–H groups in total. The highest BCUT2D eigenvalue weighted by atomic mass is 32.1. The summed E-state index contributed by atoms with van der Waals surface area (Å²) in [6.45, 7) is 1.63. The van der Waals surface area contributed by atoms with E-state index in [-0.39, 0.29) is 11.5 Å². The number of hydrogen-bond donors (Lipinski definition) is 1. The molecule has 3 nitrogen and oxygen atoms in total. The number of carbonyl (C=O) groups is 1. The Morgan fingerprint density at radius 2 is 2.10 bits per heavy atom. The Kier molecular flexibility index (Phi) is 4.13. The highest BCUT2D eigenvalue weighted by Gasteiger charge is 2.44. The van der Waals surface area contributed by atoms with Crippen LogP contribution < -0.4 is 5.73 Å². The normalized spacial score (nSPS) is 26.4. The second kappa shape index (κ2) is 5.86. The van der Waals surface area contributed by atoms with Gasteiger partial charge in [-0.05, 0) is 37.1 Å². The topological polar surface area (TPSA) is 46.3 Å². The van der Waals surface area contributed by atoms with Gasteiger partial charge in [-0.15, -0.1) is 11.3 Å². The van der Waals surface area contributed by atoms with Crippen LogP contribution in [0.3, 0.4) is 0 Å². The van der Waals surface area contributed by atoms with Gasteiger partial charge in [-0.2, -0.15) is 0 Å². The number of piperidine rings is 1. The molecule has 110 valence electrons. The van der Waals surface area contributed by atoms with Gasteiger partial charge >= 0.3 is 0 Å². The number of thiophene rings is 1. The molecule has 1 aliphatic heterocycles. The first kappa shape index (κ1) is 14.1. The summed E-state index contributed by atoms with van der Waals surface area (Å²) < 4.78 is 0. The second-order valence-corrected chi connectivity index (χ2v) is 7.22. The molecule has 1 amide bonds. The predicted molar refractivity (Wildman–Crippen MR) is 82.9 cm³/mol. The van der Waals surface area contributed by atoms with Crippen molar-refractivity contribution >= 4 is 17.2 Å². The summed E-state index contributed by atoms with van der Waals surface area (Å²) in [5.41, 5.74) is 5.82. The van der Waals surface area contributed by atoms with Gasteiger partial charge in [-0.1, -0.05) is 25.3 Å². The molecular formula is C16H24N2OS. The lowest BCUT2D eigenvalue weighted by molar-refractivity contribution is -0.140. The predicted octanol–water partition coefficient (Wildman–Crippen LogP) is 2.90. The van der Waals surface area contributed by atoms with Crippen LogP contribution in [0, 0.1) is 0 Å². The second-order valence-electron chi connectivity index (χ2n) is 6.27. The van der Waals surface area contributed by atoms with Crippen molar-refractivity contribution in [3.63, 3.8) is 0 Å². The first-order chi connectivity index (χ1) is 9.72. The van der Waals surface area contributed by atoms with Gasteiger partial charge in [0.2, 0.25) is 5.91 Å². The van der Waals surface area contributed by atoms with E-state index >= 15 is 0 Å². The monoisotopic (exact) mass is 292 g/mol. The lowest BCUT2D eigenvalue weighted by Crippen LogP contribution is -2.53. The van der Waals surface area contributed by atoms with E-state index < -0.39 is 0 Å². The van der Waals surface area contributed by atoms with Crippen molar-refractivity contribution in [2.45, 2.75) is 56.4 Å². The summed E-state index contributed by atoms with van der Waals surface area (Å²) in [4.78, 5) is 16.5. The van der Waals surface area contributed by atoms with Crippen LogP contribution in [0.4, 0.5) is 0 Å². The molecular weight excluding hydrogens is 268 g/mol. The van der Waals surface area contributed by atoms with E-state index in [1.165, 1.54) is 24.1 Å². The maximum atomic E-state index is 13.2. The molecule has 1 saturated heterocycles. The van der Waals surface area contributed by atoms with E-state index in [1.807, 2.05) is 4.90 Å². The molecule has 0 spiro atoms. The maximum Gasteiger partial charge on any atom is 0.234 e. The van der Waals surface area contributed by atoms with E-state index in [4.69, 9.17) is 5.73 Å². The van der Waals surface area contributed by atoms with Gasteiger partial charge in [0.15, 0.2) is 0 Å². The number of rotatable bonds is 2. The smallest absolute Gasteiger partial charge is 0.234 e. The Labute approximate surface area is 125 Å². The van der Waals surface area contributed by atoms with Crippen LogP contribution in [-0.4, -0.2) is 29.9 Å². The average molecular weight is 292 g/mol. The Hall–Kier alpha value is -0.870. The summed E-state index contributed by atoms with van der Waals surface area (Å²) in [7, 11) is 0. The van der Waals surface area contributed by atoms with Crippen LogP contribution in [0.15, 0.2) is 17.5 Å². The van der Waals surface area contributed by atoms with E-state index in [0.29, 0.717) is 5.91 Å². The standard InChI is InChI=1S/C16H24N2OS/c17-13-6-4-10-18(12-13)15(19)16(8-2-1-3-9-16)14-7-5-11-20-14/h5,7,11,13H,1-4,6,8-10,12,17H2. The lowest BCUT2D eigenvalue weighted by atomic mass is 9.71. The number of hydrogen-bond acceptors (Lipinski definition) is 3. The molecule has 2 fully saturated rings. The largest absolute Gasteiger partial charge is 0.340 e. The molecule has 1 aromatic rings. The quantitative estimate of drug-likeness (QED) is 0.911. The van der Waals surface area contributed by atoms with E-state index in [0.717, 1.165) is 38.8 Å². The first-order valence-electron chi connectivity index (χ1n) is 7.81. The van der Waals surface area contributed by atoms with Crippen molar-refractivity contribution in [3.05, 3.63) is 22.4 Å². The Morgan fingerprint density at radius 1 is 1.30 bits per heavy atom. The van der Waals surface area contributed by atoms with Gasteiger partial charge < -0.3 is 10.6 Å². The highest BCUT2D eigenvalue weighted by Crippen LogP contribution is 2.43. The van der Waals surface area contributed by atoms with Gasteiger partial charge in [0, 0.05) is 24.0 Å². The fraction of sp³-hybridized carbons (Fsp3) is 0.688. The van der Waals surface area contributed by atoms with Gasteiger partial charge in [0.1, 0.15) is 0 Å². The molecule has 3 rings (SSSR count). The fourth-order valence-corrected chi connectivity index (χ4v) is 4.75. The van der Waals surface area contributed by atoms with Crippen LogP contribution in [-0.2, 0) is 10.2 Å². The number of amides is 1. The lowest BCUT2D eigenvalue weighted by Gasteiger charge is -2.41. The van der Waals surface area contributed by atoms with Crippen molar-refractivity contribution in [3.8, 4) is 0 Å². The van der Waals surface area contributed by atoms with Crippen molar-refractivity contribution in [2.75, 3.05) is 13.1 Å². The number of carbonyl (C=O) groups excluding carboxylic acids is 1. The van der Waals surface area contributed by atoms with Gasteiger partial charge in [-0.25, -0.2) is 0 Å². The third-order valence-electron chi connectivity index (χ3n) is 4.85. The van der Waals surface area contributed by atoms with Gasteiger partial charge in [0.25, 0.3) is 0 Å². The van der Waals surface area contributed by atoms with Gasteiger partial charge in [-0.3, -0.25) is 4.79 Å². The van der Waals surface area contributed by atoms with Crippen LogP contribution in [0.1, 0.15) is 49.8 Å². The van der Waals surface area contributed by atoms with Crippen LogP contribution in [0.25, 0.3) is 0 Å². The summed E-state index contributed by atoms with van der Waals surface area (Å²) in [6, 6.07) is 4.39. The van der Waals surface area contributed by atoms with E-state index in [2.05, 4.69) is 17.5 Å². The summed E-state index contributed by atoms with van der Waals surface area (Å²) in [5, 5.41) is 2.10. The zero-order chi connectivity index (χ0) is 14.0. The summed E-state index contributed by atoms with van der Waals surface area (Å²) in [6.07, 6.45) is 7.73. The zero-order valence-corrected chi connectivity index (χ0v) is 12.8. The average Bonchev–Trinajstić information content (AvgIpc) is 3.02. The van der Waals surface area contributed by atoms with Crippen LogP contribution >= 0.6 is 11.3 Å². The van der Waals surface area contributed by atoms with Crippen molar-refractivity contribution in [2.24, 2.45) is 5.73 Å². The third kappa shape index (κ3) is 2.51. The number of nitrogens with zero attached hydrogens (tertiary/aromatic N) is 1. The molecule has 1 unspecified atom stereocenters. The highest BCUT2D eigenvalue weighted by molar-refractivity contribution is 7.10. The molecule has 20 heavy (non-hydrogen) atoms. The summed E-state index contributed by atoms with van der Waals surface area (Å²) in [5.74, 6) is 0.342. The van der Waals surface area contributed by atoms with Crippen molar-refractivity contribution < 1.29 is 4.79 Å². The molecule has 2 heterocycles. The van der Waals surface area contributed by atoms with Crippen LogP contribution in [0.2, 0.25) is 0 Å². The Morgan fingerprint density at radius 3 is 2.75 bits per heavy atom. The maximum absolute atomic E-state index is 13.2. The first-order valence-corrected chi connectivity index (χ1v) is 8.69. The van der Waals surface area contributed by atoms with Crippen molar-refractivity contribution in [1.82, 2.24) is 4.90 Å². The molecule has 0 bridgehead atoms. The molecule has 1 aromatic heterocycles. The minimum atomic E-state index is -0.247. The van der Waals surface area contributed by atoms with Crippen molar-refractivity contribution in [1.29, 1.82) is 0 Å². The van der Waals surface area contributed by atoms with Crippen LogP contribution in [0.5, 0.6) is 0 Å². The van der Waals surface area contributed by atoms with E-state index in [9.17, 15) is 4.79 Å². The molecule has 4 heteroatoms. The Bertz CT molecular complexity index is 451. The SMILES string of the molecule is NC1CCCN(C(=O)C2(c3cccs3)CCCCC2)C1. The number of nitrogens with two attached hydrogens (primary N) is 1. The molecule has 1 saturated carbocycles. The Balaban J connectivity index is 1.87.